The summed E-state index contributed by atoms with van der Waals surface area (Å²) in [7, 11) is 0. The predicted octanol–water partition coefficient (Wildman–Crippen LogP) is 2.59. The van der Waals surface area contributed by atoms with Crippen LogP contribution in [0.2, 0.25) is 5.02 Å². The van der Waals surface area contributed by atoms with Crippen LogP contribution in [-0.4, -0.2) is 73.0 Å². The maximum atomic E-state index is 12.9. The van der Waals surface area contributed by atoms with Gasteiger partial charge in [0, 0.05) is 45.3 Å². The van der Waals surface area contributed by atoms with Gasteiger partial charge in [-0.1, -0.05) is 17.7 Å². The molecule has 0 radical (unpaired) electrons. The summed E-state index contributed by atoms with van der Waals surface area (Å²) in [5.74, 6) is 1.87. The maximum absolute atomic E-state index is 12.9. The molecule has 164 valence electrons. The lowest BCUT2D eigenvalue weighted by atomic mass is 10.1. The summed E-state index contributed by atoms with van der Waals surface area (Å²) in [6.45, 7) is 5.20. The minimum atomic E-state index is -0.0621. The first kappa shape index (κ1) is 20.4. The number of pyridine rings is 1. The number of ether oxygens (including phenoxy) is 4. The fraction of sp³-hybridized carbons (Fsp3) is 0.455. The second kappa shape index (κ2) is 8.90. The van der Waals surface area contributed by atoms with Crippen molar-refractivity contribution in [1.29, 1.82) is 0 Å². The minimum Gasteiger partial charge on any atom is -0.471 e. The Morgan fingerprint density at radius 1 is 1.16 bits per heavy atom. The number of fused-ring (bicyclic) bond motifs is 1. The Morgan fingerprint density at radius 2 is 2.00 bits per heavy atom. The lowest BCUT2D eigenvalue weighted by molar-refractivity contribution is 0.0628. The van der Waals surface area contributed by atoms with Gasteiger partial charge in [-0.05, 0) is 23.8 Å². The average molecular weight is 446 g/mol. The van der Waals surface area contributed by atoms with E-state index < -0.39 is 0 Å². The van der Waals surface area contributed by atoms with E-state index in [0.717, 1.165) is 37.6 Å². The molecule has 1 unspecified atom stereocenters. The number of hydrogen-bond donors (Lipinski definition) is 0. The Balaban J connectivity index is 1.15. The Bertz CT molecular complexity index is 958. The number of aromatic nitrogens is 1. The SMILES string of the molecule is O=C(c1cnc(OC2CCOC2)c(Cl)c1)N1CCN(Cc2ccc3c(c2)OCO3)CC1. The summed E-state index contributed by atoms with van der Waals surface area (Å²) in [4.78, 5) is 21.4. The van der Waals surface area contributed by atoms with Crippen molar-refractivity contribution in [3.8, 4) is 17.4 Å². The van der Waals surface area contributed by atoms with Crippen molar-refractivity contribution >= 4 is 17.5 Å². The lowest BCUT2D eigenvalue weighted by Gasteiger charge is -2.34. The molecule has 9 heteroatoms. The lowest BCUT2D eigenvalue weighted by Crippen LogP contribution is -2.48. The van der Waals surface area contributed by atoms with Gasteiger partial charge >= 0.3 is 0 Å². The number of halogens is 1. The second-order valence-corrected chi connectivity index (χ2v) is 8.28. The third-order valence-electron chi connectivity index (χ3n) is 5.72. The van der Waals surface area contributed by atoms with Crippen LogP contribution in [0.3, 0.4) is 0 Å². The number of benzene rings is 1. The van der Waals surface area contributed by atoms with Crippen molar-refractivity contribution in [2.75, 3.05) is 46.2 Å². The van der Waals surface area contributed by atoms with Crippen molar-refractivity contribution in [3.63, 3.8) is 0 Å². The third kappa shape index (κ3) is 4.56. The van der Waals surface area contributed by atoms with Crippen LogP contribution in [0.4, 0.5) is 0 Å². The highest BCUT2D eigenvalue weighted by atomic mass is 35.5. The Labute approximate surface area is 185 Å². The molecule has 0 spiro atoms. The van der Waals surface area contributed by atoms with E-state index in [2.05, 4.69) is 16.0 Å². The zero-order valence-corrected chi connectivity index (χ0v) is 17.8. The first-order valence-electron chi connectivity index (χ1n) is 10.5. The van der Waals surface area contributed by atoms with Crippen molar-refractivity contribution in [1.82, 2.24) is 14.8 Å². The van der Waals surface area contributed by atoms with E-state index in [9.17, 15) is 4.79 Å². The fourth-order valence-corrected chi connectivity index (χ4v) is 4.19. The summed E-state index contributed by atoms with van der Waals surface area (Å²) >= 11 is 6.32. The van der Waals surface area contributed by atoms with E-state index in [-0.39, 0.29) is 18.8 Å². The molecule has 5 rings (SSSR count). The van der Waals surface area contributed by atoms with Crippen LogP contribution >= 0.6 is 11.6 Å². The molecule has 0 N–H and O–H groups in total. The molecule has 0 bridgehead atoms. The number of amides is 1. The molecule has 8 nitrogen and oxygen atoms in total. The number of rotatable bonds is 5. The van der Waals surface area contributed by atoms with Crippen molar-refractivity contribution in [2.45, 2.75) is 19.1 Å². The molecular weight excluding hydrogens is 422 g/mol. The highest BCUT2D eigenvalue weighted by Crippen LogP contribution is 2.33. The topological polar surface area (TPSA) is 73.4 Å². The first-order chi connectivity index (χ1) is 15.2. The molecule has 2 saturated heterocycles. The molecule has 1 aromatic carbocycles. The molecular formula is C22H24ClN3O5. The van der Waals surface area contributed by atoms with Crippen LogP contribution in [0, 0.1) is 0 Å². The van der Waals surface area contributed by atoms with E-state index in [4.69, 9.17) is 30.5 Å². The number of carbonyl (C=O) groups is 1. The quantitative estimate of drug-likeness (QED) is 0.700. The predicted molar refractivity (Wildman–Crippen MR) is 113 cm³/mol. The van der Waals surface area contributed by atoms with Gasteiger partial charge in [0.05, 0.1) is 18.8 Å². The van der Waals surface area contributed by atoms with Gasteiger partial charge in [-0.2, -0.15) is 0 Å². The van der Waals surface area contributed by atoms with Gasteiger partial charge in [-0.3, -0.25) is 9.69 Å². The average Bonchev–Trinajstić information content (AvgIpc) is 3.47. The van der Waals surface area contributed by atoms with Crippen LogP contribution in [0.15, 0.2) is 30.5 Å². The molecule has 2 aromatic rings. The molecule has 3 aliphatic heterocycles. The van der Waals surface area contributed by atoms with Gasteiger partial charge < -0.3 is 23.8 Å². The number of carbonyl (C=O) groups excluding carboxylic acids is 1. The maximum Gasteiger partial charge on any atom is 0.255 e. The van der Waals surface area contributed by atoms with Crippen molar-refractivity contribution < 1.29 is 23.7 Å². The van der Waals surface area contributed by atoms with E-state index in [1.165, 1.54) is 5.56 Å². The fourth-order valence-electron chi connectivity index (χ4n) is 3.98. The molecule has 1 amide bonds. The number of piperazine rings is 1. The minimum absolute atomic E-state index is 0.0376. The molecule has 0 aliphatic carbocycles. The first-order valence-corrected chi connectivity index (χ1v) is 10.8. The molecule has 2 fully saturated rings. The molecule has 4 heterocycles. The zero-order valence-electron chi connectivity index (χ0n) is 17.1. The Morgan fingerprint density at radius 3 is 2.77 bits per heavy atom. The van der Waals surface area contributed by atoms with E-state index in [0.29, 0.717) is 42.8 Å². The van der Waals surface area contributed by atoms with Crippen molar-refractivity contribution in [3.05, 3.63) is 46.6 Å². The Hall–Kier alpha value is -2.55. The summed E-state index contributed by atoms with van der Waals surface area (Å²) in [5.41, 5.74) is 1.65. The normalized spacial score (nSPS) is 20.8. The third-order valence-corrected chi connectivity index (χ3v) is 5.99. The van der Waals surface area contributed by atoms with E-state index in [1.807, 2.05) is 17.0 Å². The second-order valence-electron chi connectivity index (χ2n) is 7.87. The standard InChI is InChI=1S/C22H24ClN3O5/c23-18-10-16(11-24-21(18)31-17-3-8-28-13-17)22(27)26-6-4-25(5-7-26)12-15-1-2-19-20(9-15)30-14-29-19/h1-2,9-11,17H,3-8,12-14H2. The molecule has 3 aliphatic rings. The Kier molecular flexibility index (Phi) is 5.85. The van der Waals surface area contributed by atoms with Gasteiger partial charge in [0.25, 0.3) is 5.91 Å². The molecule has 31 heavy (non-hydrogen) atoms. The monoisotopic (exact) mass is 445 g/mol. The van der Waals surface area contributed by atoms with Crippen molar-refractivity contribution in [2.24, 2.45) is 0 Å². The van der Waals surface area contributed by atoms with Crippen LogP contribution < -0.4 is 14.2 Å². The van der Waals surface area contributed by atoms with Gasteiger partial charge in [0.2, 0.25) is 12.7 Å². The van der Waals surface area contributed by atoms with Crippen LogP contribution in [0.5, 0.6) is 17.4 Å². The van der Waals surface area contributed by atoms with Crippen LogP contribution in [-0.2, 0) is 11.3 Å². The summed E-state index contributed by atoms with van der Waals surface area (Å²) < 4.78 is 21.9. The van der Waals surface area contributed by atoms with E-state index in [1.54, 1.807) is 12.3 Å². The number of nitrogens with zero attached hydrogens (tertiary/aromatic N) is 3. The molecule has 1 aromatic heterocycles. The number of hydrogen-bond acceptors (Lipinski definition) is 7. The summed E-state index contributed by atoms with van der Waals surface area (Å²) in [5, 5.41) is 0.346. The smallest absolute Gasteiger partial charge is 0.255 e. The highest BCUT2D eigenvalue weighted by Gasteiger charge is 2.25. The largest absolute Gasteiger partial charge is 0.471 e. The van der Waals surface area contributed by atoms with Crippen LogP contribution in [0.25, 0.3) is 0 Å². The van der Waals surface area contributed by atoms with E-state index >= 15 is 0 Å². The molecule has 0 saturated carbocycles. The highest BCUT2D eigenvalue weighted by molar-refractivity contribution is 6.32. The van der Waals surface area contributed by atoms with Gasteiger partial charge in [-0.15, -0.1) is 0 Å². The summed E-state index contributed by atoms with van der Waals surface area (Å²) in [6, 6.07) is 7.66. The summed E-state index contributed by atoms with van der Waals surface area (Å²) in [6.07, 6.45) is 2.32. The van der Waals surface area contributed by atoms with Gasteiger partial charge in [0.1, 0.15) is 11.1 Å². The van der Waals surface area contributed by atoms with Gasteiger partial charge in [0.15, 0.2) is 11.5 Å². The molecule has 1 atom stereocenters. The zero-order chi connectivity index (χ0) is 21.2. The van der Waals surface area contributed by atoms with Gasteiger partial charge in [-0.25, -0.2) is 4.98 Å². The van der Waals surface area contributed by atoms with Crippen LogP contribution in [0.1, 0.15) is 22.3 Å².